The van der Waals surface area contributed by atoms with Gasteiger partial charge in [0.2, 0.25) is 0 Å². The SMILES string of the molecule is O=C(OO[N+](=O)[O-])C(OO[N+](=O)[O-])(O[N+](=O)[O-])C(OO[N+](=O)[O-])(O[N+](=O)[O-])C(=O)OO[N+](=O)[O-]. The van der Waals surface area contributed by atoms with E-state index in [0.717, 1.165) is 0 Å². The highest BCUT2D eigenvalue weighted by atomic mass is 17.4. The summed E-state index contributed by atoms with van der Waals surface area (Å²) in [6.07, 6.45) is 0. The molecule has 0 aliphatic rings. The van der Waals surface area contributed by atoms with Crippen LogP contribution in [0.5, 0.6) is 0 Å². The van der Waals surface area contributed by atoms with E-state index in [9.17, 15) is 70.3 Å². The Kier molecular flexibility index (Phi) is 9.45. The zero-order valence-electron chi connectivity index (χ0n) is 14.5. The Balaban J connectivity index is 7.24. The fourth-order valence-corrected chi connectivity index (χ4v) is 1.29. The largest absolute Gasteiger partial charge is 0.413 e. The van der Waals surface area contributed by atoms with Gasteiger partial charge in [0.25, 0.3) is 10.2 Å². The highest BCUT2D eigenvalue weighted by Gasteiger charge is 2.78. The first kappa shape index (κ1) is 28.1. The van der Waals surface area contributed by atoms with E-state index in [1.165, 1.54) is 0 Å². The smallest absolute Gasteiger partial charge is 0.257 e. The number of carbonyl (C=O) groups excluding carboxylic acids is 2. The van der Waals surface area contributed by atoms with Crippen LogP contribution < -0.4 is 0 Å². The molecule has 2 atom stereocenters. The second-order valence-electron chi connectivity index (χ2n) is 3.96. The van der Waals surface area contributed by atoms with Crippen LogP contribution in [-0.4, -0.2) is 54.0 Å². The summed E-state index contributed by atoms with van der Waals surface area (Å²) < 4.78 is 0. The first-order chi connectivity index (χ1) is 15.6. The van der Waals surface area contributed by atoms with Crippen molar-refractivity contribution in [2.45, 2.75) is 11.6 Å². The van der Waals surface area contributed by atoms with E-state index < -0.39 is 54.0 Å². The predicted octanol–water partition coefficient (Wildman–Crippen LogP) is -3.59. The predicted molar refractivity (Wildman–Crippen MR) is 68.3 cm³/mol. The molecule has 30 heteroatoms. The van der Waals surface area contributed by atoms with Gasteiger partial charge in [0.05, 0.1) is 0 Å². The van der Waals surface area contributed by atoms with Gasteiger partial charge < -0.3 is 0 Å². The molecule has 0 radical (unpaired) electrons. The number of rotatable bonds is 17. The molecule has 0 aromatic rings. The van der Waals surface area contributed by atoms with E-state index >= 15 is 0 Å². The Morgan fingerprint density at radius 1 is 0.471 bits per heavy atom. The second kappa shape index (κ2) is 11.5. The molecule has 0 aliphatic heterocycles. The summed E-state index contributed by atoms with van der Waals surface area (Å²) in [6, 6.07) is 0. The van der Waals surface area contributed by atoms with Crippen LogP contribution in [0, 0.1) is 60.7 Å². The van der Waals surface area contributed by atoms with Crippen molar-refractivity contribution in [1.29, 1.82) is 0 Å². The molecule has 30 nitrogen and oxygen atoms in total. The maximum Gasteiger partial charge on any atom is 0.413 e. The van der Waals surface area contributed by atoms with E-state index in [2.05, 4.69) is 49.2 Å². The van der Waals surface area contributed by atoms with Crippen LogP contribution in [0.1, 0.15) is 0 Å². The van der Waals surface area contributed by atoms with E-state index in [1.807, 2.05) is 0 Å². The maximum absolute atomic E-state index is 12.1. The number of carbonyl (C=O) groups is 2. The summed E-state index contributed by atoms with van der Waals surface area (Å²) in [7, 11) is 0. The molecule has 0 amide bonds. The van der Waals surface area contributed by atoms with Gasteiger partial charge in [-0.05, 0) is 0 Å². The molecule has 0 heterocycles. The number of nitrogens with zero attached hydrogens (tertiary/aromatic N) is 6. The molecule has 34 heavy (non-hydrogen) atoms. The average Bonchev–Trinajstić information content (AvgIpc) is 2.69. The Morgan fingerprint density at radius 3 is 0.941 bits per heavy atom. The zero-order chi connectivity index (χ0) is 26.7. The second-order valence-corrected chi connectivity index (χ2v) is 3.96. The third-order valence-electron chi connectivity index (χ3n) is 2.16. The van der Waals surface area contributed by atoms with Crippen molar-refractivity contribution < 1.29 is 89.3 Å². The lowest BCUT2D eigenvalue weighted by molar-refractivity contribution is -0.932. The van der Waals surface area contributed by atoms with Crippen molar-refractivity contribution in [3.8, 4) is 0 Å². The molecule has 0 aromatic heterocycles. The fraction of sp³-hybridized carbons (Fsp3) is 0.500. The van der Waals surface area contributed by atoms with E-state index in [0.29, 0.717) is 0 Å². The highest BCUT2D eigenvalue weighted by Crippen LogP contribution is 2.37. The molecule has 0 rings (SSSR count). The number of hydrogen-bond acceptors (Lipinski definition) is 24. The molecule has 0 fully saturated rings. The van der Waals surface area contributed by atoms with Crippen molar-refractivity contribution in [3.05, 3.63) is 60.7 Å². The van der Waals surface area contributed by atoms with Crippen LogP contribution in [0.25, 0.3) is 0 Å². The third kappa shape index (κ3) is 7.39. The Morgan fingerprint density at radius 2 is 0.735 bits per heavy atom. The van der Waals surface area contributed by atoms with Gasteiger partial charge in [0.1, 0.15) is 0 Å². The van der Waals surface area contributed by atoms with Crippen LogP contribution >= 0.6 is 0 Å². The van der Waals surface area contributed by atoms with E-state index in [-0.39, 0.29) is 0 Å². The average molecular weight is 516 g/mol. The normalized spacial score (nSPS) is 13.3. The lowest BCUT2D eigenvalue weighted by Gasteiger charge is -2.36. The van der Waals surface area contributed by atoms with Crippen LogP contribution in [-0.2, 0) is 58.8 Å². The van der Waals surface area contributed by atoms with Crippen LogP contribution in [0.2, 0.25) is 0 Å². The lowest BCUT2D eigenvalue weighted by atomic mass is 10.1. The first-order valence-electron chi connectivity index (χ1n) is 6.34. The van der Waals surface area contributed by atoms with Gasteiger partial charge in [0, 0.05) is 0 Å². The van der Waals surface area contributed by atoms with Gasteiger partial charge in [0.15, 0.2) is 0 Å². The molecule has 2 unspecified atom stereocenters. The quantitative estimate of drug-likeness (QED) is 0.0779. The molecule has 0 N–H and O–H groups in total. The minimum Gasteiger partial charge on any atom is -0.257 e. The van der Waals surface area contributed by atoms with Gasteiger partial charge in [-0.25, -0.2) is 9.59 Å². The molecule has 0 saturated carbocycles. The standard InChI is InChI=1S/C4N6O24/c11-1(25-31-7(17)18)3(27-5(13)14,29-33-9(21)22)4(28-6(15)16,30-34-10(23)24)2(12)26-32-8(19)20. The minimum atomic E-state index is -5.31. The minimum absolute atomic E-state index is 2.07. The summed E-state index contributed by atoms with van der Waals surface area (Å²) in [5.74, 6) is -17.1. The zero-order valence-corrected chi connectivity index (χ0v) is 14.5. The number of hydrogen-bond donors (Lipinski definition) is 0. The van der Waals surface area contributed by atoms with Crippen LogP contribution in [0.15, 0.2) is 0 Å². The van der Waals surface area contributed by atoms with Gasteiger partial charge in [-0.3, -0.25) is 19.5 Å². The maximum atomic E-state index is 12.1. The third-order valence-corrected chi connectivity index (χ3v) is 2.16. The molecule has 0 spiro atoms. The Bertz CT molecular complexity index is 796. The molecule has 0 aliphatic carbocycles. The summed E-state index contributed by atoms with van der Waals surface area (Å²) in [6.45, 7) is 0. The monoisotopic (exact) mass is 516 g/mol. The Hall–Kier alpha value is -5.94. The lowest BCUT2D eigenvalue weighted by Crippen LogP contribution is -2.71. The molecule has 0 saturated heterocycles. The molecular formula is C4N6O24. The van der Waals surface area contributed by atoms with Crippen molar-refractivity contribution in [1.82, 2.24) is 0 Å². The molecular weight excluding hydrogens is 516 g/mol. The summed E-state index contributed by atoms with van der Waals surface area (Å²) >= 11 is 0. The van der Waals surface area contributed by atoms with Gasteiger partial charge in [-0.2, -0.15) is 0 Å². The Labute approximate surface area is 175 Å². The molecule has 190 valence electrons. The summed E-state index contributed by atoms with van der Waals surface area (Å²) in [5, 5.41) is 49.4. The van der Waals surface area contributed by atoms with Gasteiger partial charge in [-0.1, -0.05) is 9.98 Å². The van der Waals surface area contributed by atoms with Crippen LogP contribution in [0.3, 0.4) is 0 Å². The summed E-state index contributed by atoms with van der Waals surface area (Å²) in [4.78, 5) is 119. The summed E-state index contributed by atoms with van der Waals surface area (Å²) in [5.41, 5.74) is 0. The van der Waals surface area contributed by atoms with Crippen molar-refractivity contribution in [2.24, 2.45) is 0 Å². The van der Waals surface area contributed by atoms with E-state index in [4.69, 9.17) is 0 Å². The molecule has 0 bridgehead atoms. The molecule has 0 aromatic carbocycles. The first-order valence-corrected chi connectivity index (χ1v) is 6.34. The fourth-order valence-electron chi connectivity index (χ4n) is 1.29. The van der Waals surface area contributed by atoms with Crippen LogP contribution in [0.4, 0.5) is 0 Å². The van der Waals surface area contributed by atoms with Crippen molar-refractivity contribution in [2.75, 3.05) is 0 Å². The van der Waals surface area contributed by atoms with Gasteiger partial charge >= 0.3 is 43.9 Å². The van der Waals surface area contributed by atoms with E-state index in [1.54, 1.807) is 0 Å². The van der Waals surface area contributed by atoms with Gasteiger partial charge in [-0.15, -0.1) is 80.4 Å². The highest BCUT2D eigenvalue weighted by molar-refractivity contribution is 5.89. The topological polar surface area (TPSA) is 385 Å². The van der Waals surface area contributed by atoms with Crippen molar-refractivity contribution >= 4 is 11.9 Å². The van der Waals surface area contributed by atoms with Crippen molar-refractivity contribution in [3.63, 3.8) is 0 Å².